The molecule has 9 heteroatoms. The van der Waals surface area contributed by atoms with Gasteiger partial charge in [0.1, 0.15) is 23.5 Å². The minimum Gasteiger partial charge on any atom is -0.446 e. The SMILES string of the molecule is Cn1cnc(-c2[nH]c3nccc(N4CCN(C(=O)OC5CCCC5)CC4)c3c2C#N)c1. The van der Waals surface area contributed by atoms with Gasteiger partial charge in [0, 0.05) is 45.6 Å². The molecule has 0 spiro atoms. The van der Waals surface area contributed by atoms with Crippen molar-refractivity contribution in [2.75, 3.05) is 31.1 Å². The van der Waals surface area contributed by atoms with Crippen LogP contribution in [0, 0.1) is 11.3 Å². The highest BCUT2D eigenvalue weighted by molar-refractivity contribution is 5.99. The number of ether oxygens (including phenoxy) is 1. The highest BCUT2D eigenvalue weighted by atomic mass is 16.6. The number of anilines is 1. The Hall–Kier alpha value is -3.54. The molecule has 1 aliphatic heterocycles. The monoisotopic (exact) mass is 419 g/mol. The van der Waals surface area contributed by atoms with E-state index in [0.29, 0.717) is 48.8 Å². The lowest BCUT2D eigenvalue weighted by molar-refractivity contribution is 0.0639. The summed E-state index contributed by atoms with van der Waals surface area (Å²) in [6.45, 7) is 2.53. The summed E-state index contributed by atoms with van der Waals surface area (Å²) in [6, 6.07) is 4.28. The minimum atomic E-state index is -0.205. The first-order valence-corrected chi connectivity index (χ1v) is 10.7. The molecule has 0 unspecified atom stereocenters. The molecule has 0 atom stereocenters. The lowest BCUT2D eigenvalue weighted by atomic mass is 10.1. The van der Waals surface area contributed by atoms with Gasteiger partial charge in [-0.2, -0.15) is 5.26 Å². The Morgan fingerprint density at radius 1 is 1.23 bits per heavy atom. The molecule has 1 N–H and O–H groups in total. The summed E-state index contributed by atoms with van der Waals surface area (Å²) in [5.74, 6) is 0. The van der Waals surface area contributed by atoms with Crippen LogP contribution in [0.3, 0.4) is 0 Å². The van der Waals surface area contributed by atoms with Crippen LogP contribution in [-0.4, -0.2) is 62.8 Å². The van der Waals surface area contributed by atoms with E-state index in [4.69, 9.17) is 4.74 Å². The van der Waals surface area contributed by atoms with Crippen molar-refractivity contribution < 1.29 is 9.53 Å². The molecule has 9 nitrogen and oxygen atoms in total. The van der Waals surface area contributed by atoms with E-state index in [1.165, 1.54) is 0 Å². The number of nitrogens with one attached hydrogen (secondary N) is 1. The molecule has 2 fully saturated rings. The number of imidazole rings is 1. The number of aromatic amines is 1. The topological polar surface area (TPSA) is 103 Å². The van der Waals surface area contributed by atoms with Gasteiger partial charge in [-0.3, -0.25) is 0 Å². The van der Waals surface area contributed by atoms with Crippen molar-refractivity contribution in [3.05, 3.63) is 30.4 Å². The largest absolute Gasteiger partial charge is 0.446 e. The third-order valence-corrected chi connectivity index (χ3v) is 6.19. The van der Waals surface area contributed by atoms with Gasteiger partial charge in [0.15, 0.2) is 0 Å². The molecule has 0 radical (unpaired) electrons. The Morgan fingerprint density at radius 2 is 2.00 bits per heavy atom. The Labute approximate surface area is 180 Å². The van der Waals surface area contributed by atoms with Crippen molar-refractivity contribution in [2.24, 2.45) is 7.05 Å². The molecule has 3 aromatic heterocycles. The summed E-state index contributed by atoms with van der Waals surface area (Å²) in [7, 11) is 1.89. The third kappa shape index (κ3) is 3.58. The number of hydrogen-bond donors (Lipinski definition) is 1. The number of nitriles is 1. The maximum Gasteiger partial charge on any atom is 0.410 e. The molecule has 0 aromatic carbocycles. The van der Waals surface area contributed by atoms with Crippen LogP contribution in [0.4, 0.5) is 10.5 Å². The number of amides is 1. The van der Waals surface area contributed by atoms with Gasteiger partial charge >= 0.3 is 6.09 Å². The van der Waals surface area contributed by atoms with Gasteiger partial charge in [0.05, 0.1) is 28.7 Å². The van der Waals surface area contributed by atoms with Gasteiger partial charge in [-0.1, -0.05) is 0 Å². The second kappa shape index (κ2) is 7.95. The number of pyridine rings is 1. The smallest absolute Gasteiger partial charge is 0.410 e. The van der Waals surface area contributed by atoms with Crippen molar-refractivity contribution in [1.29, 1.82) is 5.26 Å². The average molecular weight is 419 g/mol. The molecule has 3 aromatic rings. The molecule has 31 heavy (non-hydrogen) atoms. The summed E-state index contributed by atoms with van der Waals surface area (Å²) in [5, 5.41) is 10.7. The number of rotatable bonds is 3. The fourth-order valence-corrected chi connectivity index (χ4v) is 4.56. The first-order chi connectivity index (χ1) is 15.1. The van der Waals surface area contributed by atoms with Crippen molar-refractivity contribution in [1.82, 2.24) is 24.4 Å². The van der Waals surface area contributed by atoms with Gasteiger partial charge < -0.3 is 24.1 Å². The summed E-state index contributed by atoms with van der Waals surface area (Å²) in [6.07, 6.45) is 9.44. The standard InChI is InChI=1S/C22H25N7O2/c1-27-13-17(25-14-27)20-16(12-23)19-18(6-7-24-21(19)26-20)28-8-10-29(11-9-28)22(30)31-15-4-2-3-5-15/h6-7,13-15H,2-5,8-11H2,1H3,(H,24,26). The summed E-state index contributed by atoms with van der Waals surface area (Å²) in [5.41, 5.74) is 3.54. The molecule has 0 bridgehead atoms. The summed E-state index contributed by atoms with van der Waals surface area (Å²) < 4.78 is 7.50. The van der Waals surface area contributed by atoms with Gasteiger partial charge in [0.2, 0.25) is 0 Å². The average Bonchev–Trinajstić information content (AvgIpc) is 3.53. The van der Waals surface area contributed by atoms with Crippen LogP contribution >= 0.6 is 0 Å². The Bertz CT molecular complexity index is 1140. The number of H-pyrrole nitrogens is 1. The first kappa shape index (κ1) is 19.4. The highest BCUT2D eigenvalue weighted by Gasteiger charge is 2.28. The molecule has 1 saturated heterocycles. The second-order valence-corrected chi connectivity index (χ2v) is 8.23. The van der Waals surface area contributed by atoms with E-state index < -0.39 is 0 Å². The number of nitrogens with zero attached hydrogens (tertiary/aromatic N) is 6. The molecule has 2 aliphatic rings. The normalized spacial score (nSPS) is 17.3. The molecular formula is C22H25N7O2. The van der Waals surface area contributed by atoms with Crippen LogP contribution < -0.4 is 4.90 Å². The van der Waals surface area contributed by atoms with Crippen LogP contribution in [0.1, 0.15) is 31.2 Å². The Kier molecular flexibility index (Phi) is 4.98. The van der Waals surface area contributed by atoms with Crippen molar-refractivity contribution in [3.8, 4) is 17.5 Å². The van der Waals surface area contributed by atoms with E-state index in [0.717, 1.165) is 36.8 Å². The number of aromatic nitrogens is 4. The predicted molar refractivity (Wildman–Crippen MR) is 116 cm³/mol. The number of carbonyl (C=O) groups excluding carboxylic acids is 1. The van der Waals surface area contributed by atoms with Gasteiger partial charge in [-0.05, 0) is 31.7 Å². The number of fused-ring (bicyclic) bond motifs is 1. The zero-order chi connectivity index (χ0) is 21.4. The van der Waals surface area contributed by atoms with Gasteiger partial charge in [0.25, 0.3) is 0 Å². The lowest BCUT2D eigenvalue weighted by Gasteiger charge is -2.36. The Morgan fingerprint density at radius 3 is 2.68 bits per heavy atom. The number of piperazine rings is 1. The zero-order valence-electron chi connectivity index (χ0n) is 17.5. The maximum atomic E-state index is 12.5. The van der Waals surface area contributed by atoms with Crippen LogP contribution in [0.2, 0.25) is 0 Å². The van der Waals surface area contributed by atoms with Crippen LogP contribution in [0.25, 0.3) is 22.4 Å². The predicted octanol–water partition coefficient (Wildman–Crippen LogP) is 3.04. The fraction of sp³-hybridized carbons (Fsp3) is 0.455. The molecule has 160 valence electrons. The van der Waals surface area contributed by atoms with Crippen molar-refractivity contribution in [3.63, 3.8) is 0 Å². The van der Waals surface area contributed by atoms with E-state index in [2.05, 4.69) is 25.9 Å². The minimum absolute atomic E-state index is 0.0772. The summed E-state index contributed by atoms with van der Waals surface area (Å²) >= 11 is 0. The van der Waals surface area contributed by atoms with E-state index in [9.17, 15) is 10.1 Å². The number of aryl methyl sites for hydroxylation is 1. The molecule has 1 aliphatic carbocycles. The van der Waals surface area contributed by atoms with Crippen LogP contribution in [0.5, 0.6) is 0 Å². The number of hydrogen-bond acceptors (Lipinski definition) is 6. The molecule has 5 rings (SSSR count). The first-order valence-electron chi connectivity index (χ1n) is 10.7. The third-order valence-electron chi connectivity index (χ3n) is 6.19. The van der Waals surface area contributed by atoms with Gasteiger partial charge in [-0.15, -0.1) is 0 Å². The second-order valence-electron chi connectivity index (χ2n) is 8.23. The Balaban J connectivity index is 1.38. The van der Waals surface area contributed by atoms with Crippen LogP contribution in [-0.2, 0) is 11.8 Å². The maximum absolute atomic E-state index is 12.5. The van der Waals surface area contributed by atoms with Gasteiger partial charge in [-0.25, -0.2) is 14.8 Å². The van der Waals surface area contributed by atoms with Crippen molar-refractivity contribution >= 4 is 22.8 Å². The zero-order valence-corrected chi connectivity index (χ0v) is 17.5. The highest BCUT2D eigenvalue weighted by Crippen LogP contribution is 2.35. The van der Waals surface area contributed by atoms with Crippen LogP contribution in [0.15, 0.2) is 24.8 Å². The summed E-state index contributed by atoms with van der Waals surface area (Å²) in [4.78, 5) is 28.6. The van der Waals surface area contributed by atoms with E-state index in [1.807, 2.05) is 23.9 Å². The van der Waals surface area contributed by atoms with E-state index in [1.54, 1.807) is 17.4 Å². The molecular weight excluding hydrogens is 394 g/mol. The van der Waals surface area contributed by atoms with E-state index >= 15 is 0 Å². The van der Waals surface area contributed by atoms with Crippen molar-refractivity contribution in [2.45, 2.75) is 31.8 Å². The molecule has 1 amide bonds. The fourth-order valence-electron chi connectivity index (χ4n) is 4.56. The lowest BCUT2D eigenvalue weighted by Crippen LogP contribution is -2.49. The molecule has 4 heterocycles. The number of carbonyl (C=O) groups is 1. The van der Waals surface area contributed by atoms with E-state index in [-0.39, 0.29) is 12.2 Å². The quantitative estimate of drug-likeness (QED) is 0.700. The molecule has 1 saturated carbocycles.